The Morgan fingerprint density at radius 2 is 2.12 bits per heavy atom. The minimum absolute atomic E-state index is 0.0324. The van der Waals surface area contributed by atoms with Gasteiger partial charge in [-0.3, -0.25) is 0 Å². The number of carboxylic acid groups (broad SMARTS) is 1. The highest BCUT2D eigenvalue weighted by molar-refractivity contribution is 5.66. The van der Waals surface area contributed by atoms with Crippen molar-refractivity contribution in [3.8, 4) is 0 Å². The highest BCUT2D eigenvalue weighted by atomic mass is 16.4. The Balaban J connectivity index is 2.05. The van der Waals surface area contributed by atoms with Gasteiger partial charge >= 0.3 is 6.09 Å². The molecule has 6 nitrogen and oxygen atoms in total. The van der Waals surface area contributed by atoms with E-state index in [0.717, 1.165) is 0 Å². The lowest BCUT2D eigenvalue weighted by Crippen LogP contribution is -2.54. The van der Waals surface area contributed by atoms with Gasteiger partial charge in [-0.15, -0.1) is 0 Å². The summed E-state index contributed by atoms with van der Waals surface area (Å²) in [5.41, 5.74) is 0. The average Bonchev–Trinajstić information content (AvgIpc) is 2.29. The third-order valence-corrected chi connectivity index (χ3v) is 2.71. The second-order valence-corrected chi connectivity index (χ2v) is 3.82. The van der Waals surface area contributed by atoms with E-state index in [2.05, 4.69) is 9.97 Å². The van der Waals surface area contributed by atoms with Gasteiger partial charge in [0, 0.05) is 38.1 Å². The van der Waals surface area contributed by atoms with E-state index in [1.165, 1.54) is 4.90 Å². The quantitative estimate of drug-likeness (QED) is 0.756. The van der Waals surface area contributed by atoms with Crippen LogP contribution in [0.2, 0.25) is 0 Å². The molecule has 86 valence electrons. The Kier molecular flexibility index (Phi) is 2.89. The molecule has 0 aliphatic carbocycles. The molecule has 2 rings (SSSR count). The van der Waals surface area contributed by atoms with Crippen molar-refractivity contribution in [2.75, 3.05) is 24.5 Å². The fraction of sp³-hybridized carbons (Fsp3) is 0.500. The number of hydrogen-bond donors (Lipinski definition) is 1. The summed E-state index contributed by atoms with van der Waals surface area (Å²) in [5, 5.41) is 8.94. The molecule has 1 aliphatic rings. The molecule has 16 heavy (non-hydrogen) atoms. The first-order chi connectivity index (χ1) is 7.68. The third kappa shape index (κ3) is 2.05. The molecule has 1 aromatic rings. The fourth-order valence-corrected chi connectivity index (χ4v) is 1.88. The molecular weight excluding hydrogens is 208 g/mol. The van der Waals surface area contributed by atoms with E-state index < -0.39 is 6.09 Å². The van der Waals surface area contributed by atoms with Crippen LogP contribution in [0.15, 0.2) is 18.5 Å². The van der Waals surface area contributed by atoms with E-state index in [4.69, 9.17) is 5.11 Å². The van der Waals surface area contributed by atoms with Gasteiger partial charge in [0.2, 0.25) is 5.95 Å². The normalized spacial score (nSPS) is 20.9. The molecule has 1 unspecified atom stereocenters. The van der Waals surface area contributed by atoms with Crippen LogP contribution >= 0.6 is 0 Å². The highest BCUT2D eigenvalue weighted by Gasteiger charge is 2.27. The molecule has 2 heterocycles. The minimum Gasteiger partial charge on any atom is -0.465 e. The SMILES string of the molecule is CC1CN(c2ncccn2)CCN1C(=O)O. The van der Waals surface area contributed by atoms with Crippen molar-refractivity contribution in [3.63, 3.8) is 0 Å². The molecule has 1 saturated heterocycles. The maximum Gasteiger partial charge on any atom is 0.407 e. The Labute approximate surface area is 93.5 Å². The van der Waals surface area contributed by atoms with Crippen LogP contribution in [-0.2, 0) is 0 Å². The first-order valence-corrected chi connectivity index (χ1v) is 5.20. The van der Waals surface area contributed by atoms with Gasteiger partial charge in [0.05, 0.1) is 0 Å². The number of amides is 1. The number of anilines is 1. The predicted molar refractivity (Wildman–Crippen MR) is 58.4 cm³/mol. The van der Waals surface area contributed by atoms with Crippen LogP contribution in [0, 0.1) is 0 Å². The van der Waals surface area contributed by atoms with Crippen molar-refractivity contribution in [1.29, 1.82) is 0 Å². The molecule has 0 aromatic carbocycles. The van der Waals surface area contributed by atoms with Crippen molar-refractivity contribution in [2.45, 2.75) is 13.0 Å². The number of rotatable bonds is 1. The van der Waals surface area contributed by atoms with Crippen LogP contribution in [0.1, 0.15) is 6.92 Å². The molecule has 0 saturated carbocycles. The Bertz CT molecular complexity index is 370. The molecule has 0 radical (unpaired) electrons. The van der Waals surface area contributed by atoms with Gasteiger partial charge in [-0.1, -0.05) is 0 Å². The summed E-state index contributed by atoms with van der Waals surface area (Å²) in [7, 11) is 0. The van der Waals surface area contributed by atoms with Crippen LogP contribution in [0.4, 0.5) is 10.7 Å². The summed E-state index contributed by atoms with van der Waals surface area (Å²) in [4.78, 5) is 22.6. The first kappa shape index (κ1) is 10.7. The Morgan fingerprint density at radius 1 is 1.44 bits per heavy atom. The first-order valence-electron chi connectivity index (χ1n) is 5.20. The zero-order chi connectivity index (χ0) is 11.5. The third-order valence-electron chi connectivity index (χ3n) is 2.71. The highest BCUT2D eigenvalue weighted by Crippen LogP contribution is 2.14. The van der Waals surface area contributed by atoms with E-state index in [9.17, 15) is 4.79 Å². The zero-order valence-electron chi connectivity index (χ0n) is 9.08. The van der Waals surface area contributed by atoms with Gasteiger partial charge in [0.1, 0.15) is 0 Å². The minimum atomic E-state index is -0.860. The number of nitrogens with zero attached hydrogens (tertiary/aromatic N) is 4. The van der Waals surface area contributed by atoms with Gasteiger partial charge in [-0.2, -0.15) is 0 Å². The molecular formula is C10H14N4O2. The van der Waals surface area contributed by atoms with Gasteiger partial charge in [-0.25, -0.2) is 14.8 Å². The number of hydrogen-bond acceptors (Lipinski definition) is 4. The van der Waals surface area contributed by atoms with Gasteiger partial charge < -0.3 is 14.9 Å². The van der Waals surface area contributed by atoms with E-state index in [0.29, 0.717) is 25.6 Å². The van der Waals surface area contributed by atoms with E-state index in [1.807, 2.05) is 11.8 Å². The van der Waals surface area contributed by atoms with Crippen LogP contribution in [0.5, 0.6) is 0 Å². The lowest BCUT2D eigenvalue weighted by molar-refractivity contribution is 0.122. The van der Waals surface area contributed by atoms with Gasteiger partial charge in [-0.05, 0) is 13.0 Å². The molecule has 1 fully saturated rings. The lowest BCUT2D eigenvalue weighted by atomic mass is 10.2. The lowest BCUT2D eigenvalue weighted by Gasteiger charge is -2.38. The smallest absolute Gasteiger partial charge is 0.407 e. The van der Waals surface area contributed by atoms with Crippen molar-refractivity contribution in [2.24, 2.45) is 0 Å². The summed E-state index contributed by atoms with van der Waals surface area (Å²) in [6.07, 6.45) is 2.52. The molecule has 6 heteroatoms. The van der Waals surface area contributed by atoms with E-state index >= 15 is 0 Å². The number of carbonyl (C=O) groups is 1. The zero-order valence-corrected chi connectivity index (χ0v) is 9.08. The van der Waals surface area contributed by atoms with Crippen molar-refractivity contribution in [1.82, 2.24) is 14.9 Å². The van der Waals surface area contributed by atoms with Gasteiger partial charge in [0.25, 0.3) is 0 Å². The van der Waals surface area contributed by atoms with Crippen LogP contribution < -0.4 is 4.90 Å². The predicted octanol–water partition coefficient (Wildman–Crippen LogP) is 0.665. The van der Waals surface area contributed by atoms with Crippen LogP contribution in [0.25, 0.3) is 0 Å². The molecule has 1 amide bonds. The molecule has 1 aliphatic heterocycles. The van der Waals surface area contributed by atoms with E-state index in [-0.39, 0.29) is 6.04 Å². The van der Waals surface area contributed by atoms with Crippen LogP contribution in [-0.4, -0.2) is 51.7 Å². The summed E-state index contributed by atoms with van der Waals surface area (Å²) in [6, 6.07) is 1.73. The Hall–Kier alpha value is -1.85. The molecule has 1 N–H and O–H groups in total. The molecule has 0 spiro atoms. The van der Waals surface area contributed by atoms with Crippen LogP contribution in [0.3, 0.4) is 0 Å². The second-order valence-electron chi connectivity index (χ2n) is 3.82. The van der Waals surface area contributed by atoms with Crippen molar-refractivity contribution in [3.05, 3.63) is 18.5 Å². The maximum atomic E-state index is 10.9. The largest absolute Gasteiger partial charge is 0.465 e. The standard InChI is InChI=1S/C10H14N4O2/c1-8-7-13(5-6-14(8)10(15)16)9-11-3-2-4-12-9/h2-4,8H,5-7H2,1H3,(H,15,16). The second kappa shape index (κ2) is 4.34. The summed E-state index contributed by atoms with van der Waals surface area (Å²) < 4.78 is 0. The summed E-state index contributed by atoms with van der Waals surface area (Å²) in [6.45, 7) is 3.66. The monoisotopic (exact) mass is 222 g/mol. The number of piperazine rings is 1. The topological polar surface area (TPSA) is 69.6 Å². The molecule has 1 atom stereocenters. The number of aromatic nitrogens is 2. The van der Waals surface area contributed by atoms with Crippen molar-refractivity contribution >= 4 is 12.0 Å². The molecule has 0 bridgehead atoms. The van der Waals surface area contributed by atoms with E-state index in [1.54, 1.807) is 18.5 Å². The fourth-order valence-electron chi connectivity index (χ4n) is 1.88. The summed E-state index contributed by atoms with van der Waals surface area (Å²) in [5.74, 6) is 0.666. The maximum absolute atomic E-state index is 10.9. The average molecular weight is 222 g/mol. The van der Waals surface area contributed by atoms with Gasteiger partial charge in [0.15, 0.2) is 0 Å². The molecule has 1 aromatic heterocycles. The Morgan fingerprint density at radius 3 is 2.69 bits per heavy atom. The van der Waals surface area contributed by atoms with Crippen molar-refractivity contribution < 1.29 is 9.90 Å². The summed E-state index contributed by atoms with van der Waals surface area (Å²) >= 11 is 0.